The molecule has 3 nitrogen and oxygen atoms in total. The van der Waals surface area contributed by atoms with Gasteiger partial charge in [-0.3, -0.25) is 9.80 Å². The lowest BCUT2D eigenvalue weighted by atomic mass is 10.00. The van der Waals surface area contributed by atoms with Gasteiger partial charge in [-0.25, -0.2) is 0 Å². The van der Waals surface area contributed by atoms with Crippen molar-refractivity contribution >= 4 is 27.1 Å². The van der Waals surface area contributed by atoms with Crippen molar-refractivity contribution < 1.29 is 0 Å². The monoisotopic (exact) mass is 419 g/mol. The van der Waals surface area contributed by atoms with Crippen molar-refractivity contribution in [2.75, 3.05) is 50.7 Å². The van der Waals surface area contributed by atoms with Crippen molar-refractivity contribution in [2.24, 2.45) is 0 Å². The molecule has 0 atom stereocenters. The highest BCUT2D eigenvalue weighted by atomic mass is 32.1. The number of hydrogen-bond acceptors (Lipinski definition) is 4. The van der Waals surface area contributed by atoms with Crippen LogP contribution in [0.25, 0.3) is 10.1 Å². The zero-order valence-corrected chi connectivity index (χ0v) is 18.7. The lowest BCUT2D eigenvalue weighted by Crippen LogP contribution is -2.46. The van der Waals surface area contributed by atoms with E-state index in [9.17, 15) is 0 Å². The van der Waals surface area contributed by atoms with Gasteiger partial charge in [0.05, 0.1) is 0 Å². The highest BCUT2D eigenvalue weighted by molar-refractivity contribution is 7.17. The van der Waals surface area contributed by atoms with E-state index in [4.69, 9.17) is 0 Å². The third-order valence-electron chi connectivity index (χ3n) is 6.84. The predicted octanol–water partition coefficient (Wildman–Crippen LogP) is 5.25. The Balaban J connectivity index is 1.01. The van der Waals surface area contributed by atoms with E-state index in [0.29, 0.717) is 0 Å². The minimum absolute atomic E-state index is 1.15. The molecule has 158 valence electrons. The minimum Gasteiger partial charge on any atom is -0.368 e. The fourth-order valence-electron chi connectivity index (χ4n) is 5.06. The summed E-state index contributed by atoms with van der Waals surface area (Å²) in [4.78, 5) is 7.90. The maximum absolute atomic E-state index is 2.67. The van der Waals surface area contributed by atoms with Crippen LogP contribution in [0, 0.1) is 0 Å². The average Bonchev–Trinajstić information content (AvgIpc) is 3.28. The van der Waals surface area contributed by atoms with Crippen LogP contribution < -0.4 is 4.90 Å². The van der Waals surface area contributed by atoms with E-state index in [-0.39, 0.29) is 0 Å². The molecule has 0 amide bonds. The number of benzene rings is 2. The Morgan fingerprint density at radius 3 is 2.37 bits per heavy atom. The Morgan fingerprint density at radius 2 is 1.50 bits per heavy atom. The number of nitrogens with zero attached hydrogens (tertiary/aromatic N) is 3. The highest BCUT2D eigenvalue weighted by Gasteiger charge is 2.19. The molecule has 1 aromatic heterocycles. The fourth-order valence-corrected chi connectivity index (χ4v) is 5.87. The van der Waals surface area contributed by atoms with E-state index in [1.807, 2.05) is 11.3 Å². The molecular formula is C26H33N3S. The van der Waals surface area contributed by atoms with Gasteiger partial charge < -0.3 is 4.90 Å². The van der Waals surface area contributed by atoms with Crippen molar-refractivity contribution in [2.45, 2.75) is 32.2 Å². The molecule has 2 aliphatic rings. The Bertz CT molecular complexity index is 958. The predicted molar refractivity (Wildman–Crippen MR) is 130 cm³/mol. The average molecular weight is 420 g/mol. The van der Waals surface area contributed by atoms with E-state index in [2.05, 4.69) is 68.6 Å². The smallest absolute Gasteiger partial charge is 0.0455 e. The molecular weight excluding hydrogens is 386 g/mol. The molecule has 1 fully saturated rings. The summed E-state index contributed by atoms with van der Waals surface area (Å²) < 4.78 is 1.41. The molecule has 30 heavy (non-hydrogen) atoms. The zero-order valence-electron chi connectivity index (χ0n) is 17.9. The largest absolute Gasteiger partial charge is 0.368 e. The van der Waals surface area contributed by atoms with Crippen LogP contribution in [0.2, 0.25) is 0 Å². The number of hydrogen-bond donors (Lipinski definition) is 0. The fraction of sp³-hybridized carbons (Fsp3) is 0.462. The maximum atomic E-state index is 2.67. The van der Waals surface area contributed by atoms with Crippen LogP contribution in [0.3, 0.4) is 0 Å². The summed E-state index contributed by atoms with van der Waals surface area (Å²) in [5.74, 6) is 0. The Kier molecular flexibility index (Phi) is 6.35. The summed E-state index contributed by atoms with van der Waals surface area (Å²) in [7, 11) is 0. The van der Waals surface area contributed by atoms with Crippen molar-refractivity contribution in [3.63, 3.8) is 0 Å². The highest BCUT2D eigenvalue weighted by Crippen LogP contribution is 2.31. The van der Waals surface area contributed by atoms with Gasteiger partial charge in [0.2, 0.25) is 0 Å². The van der Waals surface area contributed by atoms with Crippen molar-refractivity contribution in [1.82, 2.24) is 9.80 Å². The summed E-state index contributed by atoms with van der Waals surface area (Å²) in [6.45, 7) is 9.61. The number of piperazine rings is 1. The van der Waals surface area contributed by atoms with E-state index >= 15 is 0 Å². The SMILES string of the molecule is c1ccc2c(c1)CCN(CCCCCN1CCN(c3cccc4sccc34)CC1)C2. The number of rotatable bonds is 7. The summed E-state index contributed by atoms with van der Waals surface area (Å²) in [6.07, 6.45) is 5.25. The van der Waals surface area contributed by atoms with Gasteiger partial charge in [0.25, 0.3) is 0 Å². The maximum Gasteiger partial charge on any atom is 0.0455 e. The first-order valence-electron chi connectivity index (χ1n) is 11.6. The third kappa shape index (κ3) is 4.56. The zero-order chi connectivity index (χ0) is 20.2. The second kappa shape index (κ2) is 9.51. The molecule has 0 N–H and O–H groups in total. The lowest BCUT2D eigenvalue weighted by Gasteiger charge is -2.36. The van der Waals surface area contributed by atoms with E-state index in [0.717, 1.165) is 19.6 Å². The molecule has 0 saturated carbocycles. The van der Waals surface area contributed by atoms with Crippen molar-refractivity contribution in [1.29, 1.82) is 0 Å². The number of anilines is 1. The topological polar surface area (TPSA) is 9.72 Å². The van der Waals surface area contributed by atoms with Crippen LogP contribution in [0.15, 0.2) is 53.9 Å². The van der Waals surface area contributed by atoms with Gasteiger partial charge in [-0.2, -0.15) is 0 Å². The first-order valence-corrected chi connectivity index (χ1v) is 12.5. The van der Waals surface area contributed by atoms with Crippen LogP contribution in [0.5, 0.6) is 0 Å². The molecule has 3 aromatic rings. The molecule has 3 heterocycles. The van der Waals surface area contributed by atoms with E-state index < -0.39 is 0 Å². The van der Waals surface area contributed by atoms with Crippen molar-refractivity contribution in [3.05, 3.63) is 65.0 Å². The third-order valence-corrected chi connectivity index (χ3v) is 7.73. The van der Waals surface area contributed by atoms with Gasteiger partial charge in [-0.1, -0.05) is 36.8 Å². The Morgan fingerprint density at radius 1 is 0.700 bits per heavy atom. The quantitative estimate of drug-likeness (QED) is 0.484. The van der Waals surface area contributed by atoms with Crippen LogP contribution in [0.4, 0.5) is 5.69 Å². The Hall–Kier alpha value is -1.88. The molecule has 0 unspecified atom stereocenters. The lowest BCUT2D eigenvalue weighted by molar-refractivity contribution is 0.234. The van der Waals surface area contributed by atoms with Crippen molar-refractivity contribution in [3.8, 4) is 0 Å². The first-order chi connectivity index (χ1) is 14.9. The molecule has 2 aliphatic heterocycles. The second-order valence-electron chi connectivity index (χ2n) is 8.79. The molecule has 0 spiro atoms. The van der Waals surface area contributed by atoms with Crippen LogP contribution >= 0.6 is 11.3 Å². The van der Waals surface area contributed by atoms with Crippen LogP contribution in [0.1, 0.15) is 30.4 Å². The standard InChI is InChI=1S/C26H33N3S/c1(5-14-28-15-11-22-7-2-3-8-23(22)21-28)4-13-27-16-18-29(19-17-27)25-9-6-10-26-24(25)12-20-30-26/h2-3,6-10,12,20H,1,4-5,11,13-19,21H2. The van der Waals surface area contributed by atoms with Gasteiger partial charge >= 0.3 is 0 Å². The second-order valence-corrected chi connectivity index (χ2v) is 9.74. The summed E-state index contributed by atoms with van der Waals surface area (Å²) in [5.41, 5.74) is 4.53. The molecule has 2 aromatic carbocycles. The van der Waals surface area contributed by atoms with E-state index in [1.54, 1.807) is 11.1 Å². The first kappa shape index (κ1) is 20.0. The normalized spacial score (nSPS) is 18.1. The molecule has 5 rings (SSSR count). The van der Waals surface area contributed by atoms with Crippen LogP contribution in [-0.4, -0.2) is 55.6 Å². The van der Waals surface area contributed by atoms with Gasteiger partial charge in [-0.05, 0) is 67.1 Å². The molecule has 0 bridgehead atoms. The van der Waals surface area contributed by atoms with Gasteiger partial charge in [0.15, 0.2) is 0 Å². The van der Waals surface area contributed by atoms with Crippen LogP contribution in [-0.2, 0) is 13.0 Å². The Labute approximate surface area is 184 Å². The molecule has 0 aliphatic carbocycles. The number of fused-ring (bicyclic) bond motifs is 2. The molecule has 0 radical (unpaired) electrons. The van der Waals surface area contributed by atoms with E-state index in [1.165, 1.54) is 74.2 Å². The summed E-state index contributed by atoms with van der Waals surface area (Å²) in [5, 5.41) is 3.64. The molecule has 4 heteroatoms. The van der Waals surface area contributed by atoms with Gasteiger partial charge in [0.1, 0.15) is 0 Å². The number of thiophene rings is 1. The minimum atomic E-state index is 1.15. The number of unbranched alkanes of at least 4 members (excludes halogenated alkanes) is 2. The molecule has 1 saturated heterocycles. The van der Waals surface area contributed by atoms with Gasteiger partial charge in [0, 0.05) is 55.0 Å². The summed E-state index contributed by atoms with van der Waals surface area (Å²) >= 11 is 1.85. The summed E-state index contributed by atoms with van der Waals surface area (Å²) in [6, 6.07) is 18.0. The van der Waals surface area contributed by atoms with Gasteiger partial charge in [-0.15, -0.1) is 11.3 Å².